The number of nitro benzene ring substituents is 1. The Balaban J connectivity index is 2.09. The quantitative estimate of drug-likeness (QED) is 0.277. The number of nitro groups is 1. The van der Waals surface area contributed by atoms with Crippen LogP contribution >= 0.6 is 0 Å². The number of fused-ring (bicyclic) bond motifs is 1. The molecule has 2 aromatic carbocycles. The number of para-hydroxylation sites is 1. The maximum atomic E-state index is 13.0. The van der Waals surface area contributed by atoms with Crippen LogP contribution < -0.4 is 9.81 Å². The minimum absolute atomic E-state index is 0.271. The second-order valence-electron chi connectivity index (χ2n) is 5.40. The third kappa shape index (κ3) is 3.67. The lowest BCUT2D eigenvalue weighted by Crippen LogP contribution is -2.13. The molecule has 146 valence electrons. The summed E-state index contributed by atoms with van der Waals surface area (Å²) in [5.74, 6) is -0.492. The highest BCUT2D eigenvalue weighted by molar-refractivity contribution is 7.87. The Hall–Kier alpha value is -3.41. The average molecular weight is 415 g/mol. The van der Waals surface area contributed by atoms with Crippen LogP contribution in [-0.4, -0.2) is 13.3 Å². The summed E-state index contributed by atoms with van der Waals surface area (Å²) in [5.41, 5.74) is -3.85. The Bertz CT molecular complexity index is 1250. The van der Waals surface area contributed by atoms with Gasteiger partial charge >= 0.3 is 21.9 Å². The first-order chi connectivity index (χ1) is 13.0. The van der Waals surface area contributed by atoms with E-state index in [-0.39, 0.29) is 6.07 Å². The van der Waals surface area contributed by atoms with Gasteiger partial charge in [-0.2, -0.15) is 21.6 Å². The van der Waals surface area contributed by atoms with Gasteiger partial charge < -0.3 is 8.60 Å². The van der Waals surface area contributed by atoms with Crippen LogP contribution in [0.5, 0.6) is 5.75 Å². The molecule has 28 heavy (non-hydrogen) atoms. The summed E-state index contributed by atoms with van der Waals surface area (Å²) >= 11 is 0. The largest absolute Gasteiger partial charge is 0.423 e. The maximum absolute atomic E-state index is 13.0. The number of halogens is 3. The number of nitrogens with zero attached hydrogens (tertiary/aromatic N) is 1. The van der Waals surface area contributed by atoms with Crippen molar-refractivity contribution < 1.29 is 35.1 Å². The van der Waals surface area contributed by atoms with Gasteiger partial charge in [-0.3, -0.25) is 10.1 Å². The second-order valence-corrected chi connectivity index (χ2v) is 6.91. The molecule has 0 amide bonds. The van der Waals surface area contributed by atoms with Gasteiger partial charge in [0.1, 0.15) is 11.3 Å². The van der Waals surface area contributed by atoms with Crippen molar-refractivity contribution >= 4 is 26.8 Å². The molecule has 12 heteroatoms. The summed E-state index contributed by atoms with van der Waals surface area (Å²) < 4.78 is 73.3. The molecule has 1 aromatic heterocycles. The molecule has 1 heterocycles. The van der Waals surface area contributed by atoms with E-state index in [4.69, 9.17) is 4.18 Å². The van der Waals surface area contributed by atoms with Crippen molar-refractivity contribution in [3.63, 3.8) is 0 Å². The first kappa shape index (κ1) is 19.4. The van der Waals surface area contributed by atoms with Crippen molar-refractivity contribution in [2.24, 2.45) is 0 Å². The van der Waals surface area contributed by atoms with E-state index in [1.807, 2.05) is 0 Å². The van der Waals surface area contributed by atoms with Gasteiger partial charge in [0.15, 0.2) is 4.90 Å². The number of hydrogen-bond acceptors (Lipinski definition) is 7. The molecule has 0 atom stereocenters. The van der Waals surface area contributed by atoms with E-state index in [1.165, 1.54) is 12.1 Å². The lowest BCUT2D eigenvalue weighted by molar-refractivity contribution is -0.387. The Kier molecular flexibility index (Phi) is 4.59. The van der Waals surface area contributed by atoms with E-state index >= 15 is 0 Å². The lowest BCUT2D eigenvalue weighted by atomic mass is 10.1. The zero-order chi connectivity index (χ0) is 20.7. The zero-order valence-corrected chi connectivity index (χ0v) is 14.3. The highest BCUT2D eigenvalue weighted by Crippen LogP contribution is 2.35. The fourth-order valence-electron chi connectivity index (χ4n) is 2.42. The molecule has 0 spiro atoms. The van der Waals surface area contributed by atoms with E-state index in [1.54, 1.807) is 0 Å². The summed E-state index contributed by atoms with van der Waals surface area (Å²) in [6.45, 7) is 0. The molecule has 0 radical (unpaired) electrons. The van der Waals surface area contributed by atoms with Gasteiger partial charge in [-0.1, -0.05) is 12.1 Å². The summed E-state index contributed by atoms with van der Waals surface area (Å²) in [6.07, 6.45) is -4.84. The van der Waals surface area contributed by atoms with Crippen molar-refractivity contribution in [1.82, 2.24) is 0 Å². The van der Waals surface area contributed by atoms with Crippen LogP contribution in [-0.2, 0) is 16.3 Å². The molecule has 3 rings (SSSR count). The van der Waals surface area contributed by atoms with E-state index in [0.29, 0.717) is 0 Å². The number of rotatable bonds is 4. The van der Waals surface area contributed by atoms with E-state index in [0.717, 1.165) is 30.3 Å². The van der Waals surface area contributed by atoms with Crippen molar-refractivity contribution in [2.45, 2.75) is 11.1 Å². The van der Waals surface area contributed by atoms with Crippen molar-refractivity contribution in [1.29, 1.82) is 0 Å². The highest BCUT2D eigenvalue weighted by atomic mass is 32.2. The predicted octanol–water partition coefficient (Wildman–Crippen LogP) is 3.49. The zero-order valence-electron chi connectivity index (χ0n) is 13.5. The average Bonchev–Trinajstić information content (AvgIpc) is 2.59. The van der Waals surface area contributed by atoms with Crippen LogP contribution in [0.1, 0.15) is 5.56 Å². The van der Waals surface area contributed by atoms with Gasteiger partial charge in [-0.15, -0.1) is 0 Å². The maximum Gasteiger partial charge on any atom is 0.417 e. The Morgan fingerprint density at radius 1 is 1.07 bits per heavy atom. The van der Waals surface area contributed by atoms with Crippen LogP contribution in [0.15, 0.2) is 62.6 Å². The SMILES string of the molecule is O=c1cc(C(F)(F)F)c2ccc(OS(=O)(=O)c3ccccc3[N+](=O)[O-])cc2o1. The first-order valence-corrected chi connectivity index (χ1v) is 8.73. The Morgan fingerprint density at radius 3 is 2.39 bits per heavy atom. The molecular weight excluding hydrogens is 407 g/mol. The normalized spacial score (nSPS) is 12.1. The van der Waals surface area contributed by atoms with E-state index < -0.39 is 59.7 Å². The van der Waals surface area contributed by atoms with Crippen molar-refractivity contribution in [3.05, 3.63) is 74.6 Å². The van der Waals surface area contributed by atoms with Crippen LogP contribution in [0, 0.1) is 10.1 Å². The molecule has 0 N–H and O–H groups in total. The number of alkyl halides is 3. The number of benzene rings is 2. The monoisotopic (exact) mass is 415 g/mol. The lowest BCUT2D eigenvalue weighted by Gasteiger charge is -2.11. The fraction of sp³-hybridized carbons (Fsp3) is 0.0625. The smallest absolute Gasteiger partial charge is 0.417 e. The molecule has 0 aliphatic heterocycles. The van der Waals surface area contributed by atoms with Gasteiger partial charge in [0, 0.05) is 23.6 Å². The topological polar surface area (TPSA) is 117 Å². The van der Waals surface area contributed by atoms with Gasteiger partial charge in [-0.05, 0) is 18.2 Å². The first-order valence-electron chi connectivity index (χ1n) is 7.32. The Morgan fingerprint density at radius 2 is 1.75 bits per heavy atom. The molecule has 0 saturated heterocycles. The van der Waals surface area contributed by atoms with Crippen molar-refractivity contribution in [3.8, 4) is 5.75 Å². The second kappa shape index (κ2) is 6.64. The van der Waals surface area contributed by atoms with Crippen LogP contribution in [0.4, 0.5) is 18.9 Å². The minimum Gasteiger partial charge on any atom is -0.423 e. The van der Waals surface area contributed by atoms with E-state index in [9.17, 15) is 36.5 Å². The molecule has 0 aliphatic rings. The summed E-state index contributed by atoms with van der Waals surface area (Å²) in [4.78, 5) is 20.7. The van der Waals surface area contributed by atoms with Crippen molar-refractivity contribution in [2.75, 3.05) is 0 Å². The molecule has 0 bridgehead atoms. The molecule has 0 saturated carbocycles. The minimum atomic E-state index is -4.84. The van der Waals surface area contributed by atoms with Crippen LogP contribution in [0.2, 0.25) is 0 Å². The fourth-order valence-corrected chi connectivity index (χ4v) is 3.51. The van der Waals surface area contributed by atoms with Gasteiger partial charge in [0.2, 0.25) is 0 Å². The highest BCUT2D eigenvalue weighted by Gasteiger charge is 2.34. The summed E-state index contributed by atoms with van der Waals surface area (Å²) in [5, 5.41) is 10.5. The predicted molar refractivity (Wildman–Crippen MR) is 88.4 cm³/mol. The molecule has 3 aromatic rings. The molecule has 0 aliphatic carbocycles. The van der Waals surface area contributed by atoms with Crippen LogP contribution in [0.25, 0.3) is 11.0 Å². The summed E-state index contributed by atoms with van der Waals surface area (Å²) in [6, 6.07) is 7.20. The van der Waals surface area contributed by atoms with E-state index in [2.05, 4.69) is 4.42 Å². The van der Waals surface area contributed by atoms with Crippen LogP contribution in [0.3, 0.4) is 0 Å². The molecule has 0 unspecified atom stereocenters. The van der Waals surface area contributed by atoms with Gasteiger partial charge in [-0.25, -0.2) is 4.79 Å². The molecule has 8 nitrogen and oxygen atoms in total. The molecular formula is C16H8F3NO7S. The number of hydrogen-bond donors (Lipinski definition) is 0. The third-order valence-corrected chi connectivity index (χ3v) is 4.85. The Labute approximate surface area is 154 Å². The molecule has 0 fully saturated rings. The third-order valence-electron chi connectivity index (χ3n) is 3.56. The summed E-state index contributed by atoms with van der Waals surface area (Å²) in [7, 11) is -4.69. The van der Waals surface area contributed by atoms with Gasteiger partial charge in [0.05, 0.1) is 10.5 Å². The standard InChI is InChI=1S/C16H8F3NO7S/c17-16(18,19)11-8-15(21)26-13-7-9(5-6-10(11)13)27-28(24,25)14-4-2-1-3-12(14)20(22)23/h1-8H. The van der Waals surface area contributed by atoms with Gasteiger partial charge in [0.25, 0.3) is 5.69 Å².